The van der Waals surface area contributed by atoms with Crippen molar-refractivity contribution in [1.29, 1.82) is 0 Å². The van der Waals surface area contributed by atoms with Gasteiger partial charge in [0.2, 0.25) is 0 Å². The fourth-order valence-corrected chi connectivity index (χ4v) is 1.31. The summed E-state index contributed by atoms with van der Waals surface area (Å²) in [6.07, 6.45) is 0. The number of hydrogen-bond acceptors (Lipinski definition) is 4. The monoisotopic (exact) mass is 235 g/mol. The van der Waals surface area contributed by atoms with Crippen LogP contribution in [0.5, 0.6) is 0 Å². The fraction of sp³-hybridized carbons (Fsp3) is 0.462. The van der Waals surface area contributed by atoms with E-state index < -0.39 is 0 Å². The summed E-state index contributed by atoms with van der Waals surface area (Å²) >= 11 is 0. The maximum atomic E-state index is 5.06. The minimum atomic E-state index is 0.329. The molecule has 0 saturated heterocycles. The Bertz CT molecular complexity index is 349. The first kappa shape index (κ1) is 13.4. The predicted octanol–water partition coefficient (Wildman–Crippen LogP) is 1.86. The highest BCUT2D eigenvalue weighted by atomic mass is 16.5. The molecule has 0 amide bonds. The largest absolute Gasteiger partial charge is 0.463 e. The highest BCUT2D eigenvalue weighted by Crippen LogP contribution is 2.12. The summed E-state index contributed by atoms with van der Waals surface area (Å²) in [6, 6.07) is 11.3. The first-order valence-electron chi connectivity index (χ1n) is 5.82. The van der Waals surface area contributed by atoms with Crippen LogP contribution in [0.3, 0.4) is 0 Å². The zero-order chi connectivity index (χ0) is 12.7. The highest BCUT2D eigenvalue weighted by Gasteiger charge is 2.01. The van der Waals surface area contributed by atoms with Crippen LogP contribution in [0.1, 0.15) is 13.8 Å². The number of benzene rings is 1. The number of ether oxygens (including phenoxy) is 1. The molecule has 2 N–H and O–H groups in total. The van der Waals surface area contributed by atoms with Crippen molar-refractivity contribution in [3.63, 3.8) is 0 Å². The van der Waals surface area contributed by atoms with Gasteiger partial charge in [0, 0.05) is 18.8 Å². The van der Waals surface area contributed by atoms with Gasteiger partial charge in [-0.3, -0.25) is 0 Å². The first-order chi connectivity index (χ1) is 8.11. The van der Waals surface area contributed by atoms with Crippen molar-refractivity contribution in [3.05, 3.63) is 30.3 Å². The summed E-state index contributed by atoms with van der Waals surface area (Å²) in [5.41, 5.74) is 6.34. The summed E-state index contributed by atoms with van der Waals surface area (Å²) < 4.78 is 4.68. The average molecular weight is 235 g/mol. The van der Waals surface area contributed by atoms with Crippen LogP contribution in [0, 0.1) is 0 Å². The Morgan fingerprint density at radius 3 is 2.29 bits per heavy atom. The van der Waals surface area contributed by atoms with E-state index in [2.05, 4.69) is 59.8 Å². The zero-order valence-electron chi connectivity index (χ0n) is 10.8. The summed E-state index contributed by atoms with van der Waals surface area (Å²) in [6.45, 7) is 5.76. The molecule has 1 heterocycles. The van der Waals surface area contributed by atoms with Crippen LogP contribution in [0.2, 0.25) is 0 Å². The molecule has 1 aliphatic heterocycles. The molecule has 0 radical (unpaired) electrons. The van der Waals surface area contributed by atoms with E-state index in [0.717, 1.165) is 6.54 Å². The Hall–Kier alpha value is -1.71. The van der Waals surface area contributed by atoms with Crippen LogP contribution in [-0.2, 0) is 4.74 Å². The Morgan fingerprint density at radius 1 is 1.29 bits per heavy atom. The number of nitrogens with two attached hydrogens (primary N) is 1. The van der Waals surface area contributed by atoms with Crippen molar-refractivity contribution in [2.45, 2.75) is 19.9 Å². The number of nitrogens with zero attached hydrogens (tertiary/aromatic N) is 2. The van der Waals surface area contributed by atoms with Crippen molar-refractivity contribution in [1.82, 2.24) is 0 Å². The molecule has 0 saturated carbocycles. The number of aliphatic imine (C=N–C) groups is 1. The Kier molecular flexibility index (Phi) is 5.33. The van der Waals surface area contributed by atoms with Crippen molar-refractivity contribution in [3.8, 4) is 0 Å². The van der Waals surface area contributed by atoms with E-state index in [0.29, 0.717) is 18.7 Å². The minimum Gasteiger partial charge on any atom is -0.463 e. The van der Waals surface area contributed by atoms with Gasteiger partial charge in [0.25, 0.3) is 6.02 Å². The average Bonchev–Trinajstić information content (AvgIpc) is 2.81. The summed E-state index contributed by atoms with van der Waals surface area (Å²) in [5, 5.41) is 0. The molecule has 0 fully saturated rings. The third-order valence-corrected chi connectivity index (χ3v) is 2.55. The lowest BCUT2D eigenvalue weighted by molar-refractivity contribution is 0.342. The normalized spacial score (nSPS) is 13.5. The van der Waals surface area contributed by atoms with Crippen molar-refractivity contribution < 1.29 is 4.74 Å². The van der Waals surface area contributed by atoms with Gasteiger partial charge in [0.05, 0.1) is 6.54 Å². The molecule has 0 atom stereocenters. The van der Waals surface area contributed by atoms with Crippen molar-refractivity contribution >= 4 is 11.7 Å². The summed E-state index contributed by atoms with van der Waals surface area (Å²) in [7, 11) is 2.11. The molecular formula is C13H21N3O. The van der Waals surface area contributed by atoms with Gasteiger partial charge in [0.15, 0.2) is 0 Å². The van der Waals surface area contributed by atoms with Crippen LogP contribution < -0.4 is 10.6 Å². The van der Waals surface area contributed by atoms with Gasteiger partial charge in [-0.15, -0.1) is 0 Å². The number of amidine groups is 1. The first-order valence-corrected chi connectivity index (χ1v) is 5.82. The Morgan fingerprint density at radius 2 is 1.94 bits per heavy atom. The number of rotatable bonds is 2. The lowest BCUT2D eigenvalue weighted by atomic mass is 10.2. The summed E-state index contributed by atoms with van der Waals surface area (Å²) in [5.74, 6) is 0. The molecule has 0 spiro atoms. The lowest BCUT2D eigenvalue weighted by Gasteiger charge is -2.23. The van der Waals surface area contributed by atoms with E-state index in [-0.39, 0.29) is 0 Å². The van der Waals surface area contributed by atoms with Gasteiger partial charge >= 0.3 is 0 Å². The molecular weight excluding hydrogens is 214 g/mol. The second-order valence-corrected chi connectivity index (χ2v) is 4.11. The van der Waals surface area contributed by atoms with Gasteiger partial charge in [0.1, 0.15) is 6.61 Å². The second kappa shape index (κ2) is 6.78. The number of para-hydroxylation sites is 1. The smallest absolute Gasteiger partial charge is 0.282 e. The standard InChI is InChI=1S/C10H15N.C3H6N2O/c1-9(2)11(3)10-7-5-4-6-8-10;4-3-5-1-2-6-3/h4-9H,1-3H3;1-2H2,(H2,4,5). The molecule has 1 aromatic carbocycles. The molecule has 4 nitrogen and oxygen atoms in total. The van der Waals surface area contributed by atoms with Crippen LogP contribution in [-0.4, -0.2) is 32.3 Å². The van der Waals surface area contributed by atoms with Crippen molar-refractivity contribution in [2.24, 2.45) is 10.7 Å². The third kappa shape index (κ3) is 4.76. The third-order valence-electron chi connectivity index (χ3n) is 2.55. The molecule has 0 bridgehead atoms. The van der Waals surface area contributed by atoms with E-state index >= 15 is 0 Å². The van der Waals surface area contributed by atoms with Gasteiger partial charge in [-0.05, 0) is 26.0 Å². The van der Waals surface area contributed by atoms with E-state index in [1.165, 1.54) is 5.69 Å². The fourth-order valence-electron chi connectivity index (χ4n) is 1.31. The molecule has 0 aromatic heterocycles. The molecule has 0 aliphatic carbocycles. The quantitative estimate of drug-likeness (QED) is 0.851. The maximum absolute atomic E-state index is 5.06. The Balaban J connectivity index is 0.000000202. The Labute approximate surface area is 103 Å². The number of anilines is 1. The number of hydrogen-bond donors (Lipinski definition) is 1. The minimum absolute atomic E-state index is 0.329. The van der Waals surface area contributed by atoms with E-state index in [4.69, 9.17) is 5.73 Å². The molecule has 1 aromatic rings. The highest BCUT2D eigenvalue weighted by molar-refractivity contribution is 5.72. The van der Waals surface area contributed by atoms with E-state index in [1.54, 1.807) is 0 Å². The topological polar surface area (TPSA) is 50.8 Å². The zero-order valence-corrected chi connectivity index (χ0v) is 10.8. The predicted molar refractivity (Wildman–Crippen MR) is 72.4 cm³/mol. The summed E-state index contributed by atoms with van der Waals surface area (Å²) in [4.78, 5) is 5.96. The van der Waals surface area contributed by atoms with Gasteiger partial charge in [-0.25, -0.2) is 4.99 Å². The van der Waals surface area contributed by atoms with Crippen LogP contribution in [0.25, 0.3) is 0 Å². The molecule has 0 unspecified atom stereocenters. The SMILES string of the molecule is CC(C)N(C)c1ccccc1.NC1=NCCO1. The second-order valence-electron chi connectivity index (χ2n) is 4.11. The van der Waals surface area contributed by atoms with Gasteiger partial charge in [-0.1, -0.05) is 18.2 Å². The molecule has 4 heteroatoms. The van der Waals surface area contributed by atoms with Crippen molar-refractivity contribution in [2.75, 3.05) is 25.1 Å². The van der Waals surface area contributed by atoms with Crippen LogP contribution in [0.4, 0.5) is 5.69 Å². The molecule has 2 rings (SSSR count). The maximum Gasteiger partial charge on any atom is 0.282 e. The lowest BCUT2D eigenvalue weighted by Crippen LogP contribution is -2.25. The van der Waals surface area contributed by atoms with Gasteiger partial charge in [-0.2, -0.15) is 0 Å². The molecule has 1 aliphatic rings. The van der Waals surface area contributed by atoms with Crippen LogP contribution in [0.15, 0.2) is 35.3 Å². The van der Waals surface area contributed by atoms with E-state index in [1.807, 2.05) is 6.07 Å². The van der Waals surface area contributed by atoms with Crippen LogP contribution >= 0.6 is 0 Å². The van der Waals surface area contributed by atoms with Gasteiger partial charge < -0.3 is 15.4 Å². The molecule has 94 valence electrons. The van der Waals surface area contributed by atoms with E-state index in [9.17, 15) is 0 Å². The molecule has 17 heavy (non-hydrogen) atoms.